The summed E-state index contributed by atoms with van der Waals surface area (Å²) in [7, 11) is -3.89. The van der Waals surface area contributed by atoms with Crippen molar-refractivity contribution < 1.29 is 37.1 Å². The Morgan fingerprint density at radius 1 is 1.14 bits per heavy atom. The number of ether oxygens (including phenoxy) is 2. The van der Waals surface area contributed by atoms with Crippen molar-refractivity contribution in [3.8, 4) is 16.5 Å². The van der Waals surface area contributed by atoms with Gasteiger partial charge in [-0.25, -0.2) is 23.2 Å². The Labute approximate surface area is 290 Å². The van der Waals surface area contributed by atoms with Crippen LogP contribution in [0.15, 0.2) is 42.6 Å². The van der Waals surface area contributed by atoms with Crippen molar-refractivity contribution in [2.24, 2.45) is 11.3 Å². The lowest BCUT2D eigenvalue weighted by Crippen LogP contribution is -2.60. The van der Waals surface area contributed by atoms with Gasteiger partial charge in [0.2, 0.25) is 27.7 Å². The monoisotopic (exact) mass is 716 g/mol. The van der Waals surface area contributed by atoms with Crippen LogP contribution in [0, 0.1) is 11.3 Å². The number of amides is 4. The zero-order valence-corrected chi connectivity index (χ0v) is 30.2. The standard InChI is InChI=1S/C33H44N6O8S2/c1-8-19-16-33(19,29(42)38-49(44,45)21-11-12-21)37-27(40)23-14-20(46-25-15-22(34-18-35-25)24-10-9-13-48-24)17-39(23)28(41)26(31(2,3)4)36-30(43)47-32(5,6)7/h8-10,13,15,18-21,23,26H,1,11-12,14,16-17H2,2-7H3,(H,36,43)(H,37,40)(H,38,42)/t19-,20?,23+,26-,33-/m1/s1. The molecule has 4 amide bonds. The quantitative estimate of drug-likeness (QED) is 0.292. The fourth-order valence-corrected chi connectivity index (χ4v) is 7.82. The molecule has 0 radical (unpaired) electrons. The van der Waals surface area contributed by atoms with Crippen molar-refractivity contribution in [2.45, 2.75) is 102 Å². The Bertz CT molecular complexity index is 1710. The Morgan fingerprint density at radius 2 is 1.86 bits per heavy atom. The molecule has 49 heavy (non-hydrogen) atoms. The molecular formula is C33H44N6O8S2. The molecule has 5 atom stereocenters. The lowest BCUT2D eigenvalue weighted by Gasteiger charge is -2.36. The molecule has 1 aliphatic heterocycles. The molecule has 3 fully saturated rings. The van der Waals surface area contributed by atoms with Crippen molar-refractivity contribution in [1.82, 2.24) is 30.2 Å². The van der Waals surface area contributed by atoms with Crippen LogP contribution in [0.1, 0.15) is 67.2 Å². The highest BCUT2D eigenvalue weighted by Gasteiger charge is 2.62. The van der Waals surface area contributed by atoms with E-state index < -0.39 is 79.7 Å². The van der Waals surface area contributed by atoms with Crippen LogP contribution in [0.25, 0.3) is 10.6 Å². The summed E-state index contributed by atoms with van der Waals surface area (Å²) in [6.45, 7) is 14.1. The summed E-state index contributed by atoms with van der Waals surface area (Å²) in [5.74, 6) is -2.35. The van der Waals surface area contributed by atoms with E-state index in [4.69, 9.17) is 9.47 Å². The van der Waals surface area contributed by atoms with Crippen molar-refractivity contribution in [2.75, 3.05) is 6.54 Å². The smallest absolute Gasteiger partial charge is 0.408 e. The number of thiophene rings is 1. The third-order valence-corrected chi connectivity index (χ3v) is 11.3. The van der Waals surface area contributed by atoms with Gasteiger partial charge in [0.25, 0.3) is 5.91 Å². The van der Waals surface area contributed by atoms with Gasteiger partial charge in [-0.3, -0.25) is 19.1 Å². The Kier molecular flexibility index (Phi) is 9.87. The van der Waals surface area contributed by atoms with E-state index in [0.29, 0.717) is 18.5 Å². The average molecular weight is 717 g/mol. The molecule has 3 N–H and O–H groups in total. The van der Waals surface area contributed by atoms with Crippen LogP contribution in [0.3, 0.4) is 0 Å². The summed E-state index contributed by atoms with van der Waals surface area (Å²) in [5.41, 5.74) is -2.53. The minimum atomic E-state index is -3.89. The summed E-state index contributed by atoms with van der Waals surface area (Å²) >= 11 is 1.50. The second kappa shape index (κ2) is 13.3. The first-order valence-electron chi connectivity index (χ1n) is 16.2. The first kappa shape index (κ1) is 36.2. The number of likely N-dealkylation sites (tertiary alicyclic amines) is 1. The zero-order valence-electron chi connectivity index (χ0n) is 28.5. The van der Waals surface area contributed by atoms with Crippen molar-refractivity contribution >= 4 is 45.2 Å². The second-order valence-corrected chi connectivity index (χ2v) is 17.7. The number of hydrogen-bond donors (Lipinski definition) is 3. The largest absolute Gasteiger partial charge is 0.472 e. The fraction of sp³-hybridized carbons (Fsp3) is 0.576. The molecule has 0 bridgehead atoms. The van der Waals surface area contributed by atoms with E-state index in [1.54, 1.807) is 47.6 Å². The van der Waals surface area contributed by atoms with Crippen molar-refractivity contribution in [1.29, 1.82) is 0 Å². The molecule has 2 aliphatic carbocycles. The molecule has 16 heteroatoms. The first-order chi connectivity index (χ1) is 22.8. The Hall–Kier alpha value is -4.05. The molecule has 2 aromatic heterocycles. The topological polar surface area (TPSA) is 186 Å². The molecule has 1 unspecified atom stereocenters. The van der Waals surface area contributed by atoms with Gasteiger partial charge in [-0.05, 0) is 56.9 Å². The molecule has 3 heterocycles. The molecule has 14 nitrogen and oxygen atoms in total. The van der Waals surface area contributed by atoms with Gasteiger partial charge in [0.15, 0.2) is 0 Å². The van der Waals surface area contributed by atoms with Gasteiger partial charge in [0.1, 0.15) is 35.7 Å². The van der Waals surface area contributed by atoms with Crippen molar-refractivity contribution in [3.63, 3.8) is 0 Å². The maximum absolute atomic E-state index is 14.3. The predicted octanol–water partition coefficient (Wildman–Crippen LogP) is 3.16. The molecule has 3 aliphatic rings. The van der Waals surface area contributed by atoms with Gasteiger partial charge in [0, 0.05) is 18.4 Å². The van der Waals surface area contributed by atoms with Gasteiger partial charge in [-0.2, -0.15) is 0 Å². The minimum absolute atomic E-state index is 0.0238. The van der Waals surface area contributed by atoms with Crippen LogP contribution in [0.4, 0.5) is 4.79 Å². The van der Waals surface area contributed by atoms with E-state index in [2.05, 4.69) is 31.9 Å². The van der Waals surface area contributed by atoms with Gasteiger partial charge < -0.3 is 25.0 Å². The fourth-order valence-electron chi connectivity index (χ4n) is 5.77. The SMILES string of the molecule is C=C[C@@H]1C[C@]1(NC(=O)[C@@H]1CC(Oc2cc(-c3cccs3)ncn2)CN1C(=O)[C@@H](NC(=O)OC(C)(C)C)C(C)(C)C)C(=O)NS(=O)(=O)C1CC1. The summed E-state index contributed by atoms with van der Waals surface area (Å²) in [6, 6.07) is 3.23. The lowest BCUT2D eigenvalue weighted by molar-refractivity contribution is -0.143. The van der Waals surface area contributed by atoms with Crippen LogP contribution in [-0.2, 0) is 29.1 Å². The number of carbonyl (C=O) groups is 4. The second-order valence-electron chi connectivity index (χ2n) is 14.8. The summed E-state index contributed by atoms with van der Waals surface area (Å²) in [6.07, 6.45) is 2.45. The molecule has 2 aromatic rings. The summed E-state index contributed by atoms with van der Waals surface area (Å²) in [5, 5.41) is 6.73. The molecule has 1 saturated heterocycles. The van der Waals surface area contributed by atoms with E-state index in [1.807, 2.05) is 17.5 Å². The van der Waals surface area contributed by atoms with E-state index in [9.17, 15) is 27.6 Å². The Morgan fingerprint density at radius 3 is 2.43 bits per heavy atom. The highest BCUT2D eigenvalue weighted by Crippen LogP contribution is 2.45. The summed E-state index contributed by atoms with van der Waals surface area (Å²) < 4.78 is 39.0. The lowest BCUT2D eigenvalue weighted by atomic mass is 9.85. The van der Waals surface area contributed by atoms with E-state index in [-0.39, 0.29) is 25.3 Å². The number of sulfonamides is 1. The van der Waals surface area contributed by atoms with Crippen LogP contribution in [0.5, 0.6) is 5.88 Å². The van der Waals surface area contributed by atoms with Crippen LogP contribution >= 0.6 is 11.3 Å². The maximum atomic E-state index is 14.3. The molecule has 2 saturated carbocycles. The normalized spacial score (nSPS) is 24.4. The third-order valence-electron chi connectivity index (χ3n) is 8.57. The third kappa shape index (κ3) is 8.40. The number of hydrogen-bond acceptors (Lipinski definition) is 11. The van der Waals surface area contributed by atoms with Crippen LogP contribution in [-0.4, -0.2) is 88.2 Å². The van der Waals surface area contributed by atoms with E-state index in [0.717, 1.165) is 4.88 Å². The number of aromatic nitrogens is 2. The minimum Gasteiger partial charge on any atom is -0.472 e. The first-order valence-corrected chi connectivity index (χ1v) is 18.6. The van der Waals surface area contributed by atoms with Crippen molar-refractivity contribution in [3.05, 3.63) is 42.6 Å². The highest BCUT2D eigenvalue weighted by molar-refractivity contribution is 7.91. The van der Waals surface area contributed by atoms with E-state index >= 15 is 0 Å². The molecule has 0 spiro atoms. The molecular weight excluding hydrogens is 673 g/mol. The number of carbonyl (C=O) groups excluding carboxylic acids is 4. The molecule has 5 rings (SSSR count). The molecule has 0 aromatic carbocycles. The van der Waals surface area contributed by atoms with Gasteiger partial charge in [-0.1, -0.05) is 32.9 Å². The van der Waals surface area contributed by atoms with Crippen LogP contribution < -0.4 is 20.1 Å². The van der Waals surface area contributed by atoms with Crippen LogP contribution in [0.2, 0.25) is 0 Å². The number of nitrogens with zero attached hydrogens (tertiary/aromatic N) is 3. The average Bonchev–Trinajstić information content (AvgIpc) is 3.87. The predicted molar refractivity (Wildman–Crippen MR) is 182 cm³/mol. The molecule has 266 valence electrons. The van der Waals surface area contributed by atoms with Gasteiger partial charge >= 0.3 is 6.09 Å². The number of rotatable bonds is 11. The summed E-state index contributed by atoms with van der Waals surface area (Å²) in [4.78, 5) is 65.5. The zero-order chi connectivity index (χ0) is 35.9. The number of nitrogens with one attached hydrogen (secondary N) is 3. The maximum Gasteiger partial charge on any atom is 0.408 e. The van der Waals surface area contributed by atoms with E-state index in [1.165, 1.54) is 28.6 Å². The van der Waals surface area contributed by atoms with Gasteiger partial charge in [-0.15, -0.1) is 17.9 Å². The Balaban J connectivity index is 1.41. The highest BCUT2D eigenvalue weighted by atomic mass is 32.2. The number of alkyl carbamates (subject to hydrolysis) is 1. The van der Waals surface area contributed by atoms with Gasteiger partial charge in [0.05, 0.1) is 22.4 Å².